The number of hydrogen-bond acceptors (Lipinski definition) is 15. The van der Waals surface area contributed by atoms with E-state index in [1.807, 2.05) is 0 Å². The molecule has 17 atom stereocenters. The number of ketones is 1. The van der Waals surface area contributed by atoms with Gasteiger partial charge in [0.25, 0.3) is 0 Å². The van der Waals surface area contributed by atoms with Crippen molar-refractivity contribution in [3.63, 3.8) is 0 Å². The van der Waals surface area contributed by atoms with Crippen LogP contribution in [-0.2, 0) is 38.0 Å². The van der Waals surface area contributed by atoms with Crippen molar-refractivity contribution in [1.29, 1.82) is 0 Å². The summed E-state index contributed by atoms with van der Waals surface area (Å²) in [5.41, 5.74) is -1.06. The van der Waals surface area contributed by atoms with Gasteiger partial charge in [-0.05, 0) is 98.8 Å². The van der Waals surface area contributed by atoms with Crippen LogP contribution in [-0.4, -0.2) is 131 Å². The molecule has 346 valence electrons. The van der Waals surface area contributed by atoms with Crippen LogP contribution in [0, 0.1) is 34.5 Å². The number of aliphatic hydroxyl groups is 5. The van der Waals surface area contributed by atoms with E-state index in [1.165, 1.54) is 31.7 Å². The first-order valence-electron chi connectivity index (χ1n) is 22.7. The lowest BCUT2D eigenvalue weighted by Gasteiger charge is -2.59. The Morgan fingerprint density at radius 1 is 0.871 bits per heavy atom. The second-order valence-electron chi connectivity index (χ2n) is 19.2. The number of fused-ring (bicyclic) bond motifs is 5. The topological polar surface area (TPSA) is 217 Å². The van der Waals surface area contributed by atoms with Crippen LogP contribution < -0.4 is 4.74 Å². The number of carbonyl (C=O) groups excluding carboxylic acids is 3. The minimum absolute atomic E-state index is 0.0540. The van der Waals surface area contributed by atoms with Crippen molar-refractivity contribution in [2.24, 2.45) is 34.5 Å². The molecule has 1 aromatic rings. The van der Waals surface area contributed by atoms with Crippen LogP contribution in [0.4, 0.5) is 0 Å². The van der Waals surface area contributed by atoms with Gasteiger partial charge in [-0.25, -0.2) is 4.79 Å². The number of methoxy groups -OCH3 is 1. The normalized spacial score (nSPS) is 42.0. The molecule has 15 heteroatoms. The Bertz CT molecular complexity index is 1790. The van der Waals surface area contributed by atoms with E-state index in [1.54, 1.807) is 19.1 Å². The van der Waals surface area contributed by atoms with E-state index < -0.39 is 90.8 Å². The third kappa shape index (κ3) is 8.62. The summed E-state index contributed by atoms with van der Waals surface area (Å²) in [4.78, 5) is 40.2. The Morgan fingerprint density at radius 3 is 2.24 bits per heavy atom. The fourth-order valence-electron chi connectivity index (χ4n) is 12.2. The fourth-order valence-corrected chi connectivity index (χ4v) is 12.2. The minimum atomic E-state index is -1.66. The molecule has 0 bridgehead atoms. The molecule has 3 unspecified atom stereocenters. The molecule has 3 saturated carbocycles. The Labute approximate surface area is 364 Å². The highest BCUT2D eigenvalue weighted by molar-refractivity contribution is 5.89. The van der Waals surface area contributed by atoms with E-state index in [2.05, 4.69) is 26.8 Å². The molecule has 62 heavy (non-hydrogen) atoms. The lowest BCUT2D eigenvalue weighted by atomic mass is 9.46. The van der Waals surface area contributed by atoms with Gasteiger partial charge in [-0.2, -0.15) is 0 Å². The molecule has 5 N–H and O–H groups in total. The number of aliphatic hydroxyl groups excluding tert-OH is 4. The van der Waals surface area contributed by atoms with Gasteiger partial charge in [0.15, 0.2) is 24.8 Å². The van der Waals surface area contributed by atoms with Gasteiger partial charge >= 0.3 is 11.9 Å². The smallest absolute Gasteiger partial charge is 0.338 e. The van der Waals surface area contributed by atoms with Gasteiger partial charge < -0.3 is 58.7 Å². The van der Waals surface area contributed by atoms with E-state index in [-0.39, 0.29) is 41.3 Å². The SMILES string of the molecule is CCCCCC(=O)[C@@H](C)[C@@]1(O)[C@@H](O[C@@H]2OC[C@H](O)[C@H](O[C@@H]3OC[C@@H](O)[C@H](O)[C@H]3OC(=O)c3ccc(OC)cc3)[C@H]2OC(C)=O)CC2C3CC=C4C[C@@H](O)CC[C@]4(C)C3CC[C@@]21C. The second kappa shape index (κ2) is 18.9. The Morgan fingerprint density at radius 2 is 1.56 bits per heavy atom. The van der Waals surface area contributed by atoms with Crippen molar-refractivity contribution >= 4 is 17.7 Å². The van der Waals surface area contributed by atoms with Crippen molar-refractivity contribution in [3.05, 3.63) is 41.5 Å². The van der Waals surface area contributed by atoms with Crippen molar-refractivity contribution in [1.82, 2.24) is 0 Å². The van der Waals surface area contributed by atoms with E-state index in [0.29, 0.717) is 43.8 Å². The number of carbonyl (C=O) groups is 3. The zero-order chi connectivity index (χ0) is 44.7. The molecule has 5 fully saturated rings. The number of Topliss-reactive ketones (excluding diaryl/α,β-unsaturated/α-hetero) is 1. The van der Waals surface area contributed by atoms with E-state index in [0.717, 1.165) is 38.5 Å². The molecule has 7 rings (SSSR count). The molecule has 6 aliphatic rings. The molecule has 2 saturated heterocycles. The van der Waals surface area contributed by atoms with Crippen LogP contribution in [0.15, 0.2) is 35.9 Å². The zero-order valence-corrected chi connectivity index (χ0v) is 37.0. The summed E-state index contributed by atoms with van der Waals surface area (Å²) >= 11 is 0. The molecule has 4 aliphatic carbocycles. The van der Waals surface area contributed by atoms with Crippen molar-refractivity contribution < 1.29 is 73.1 Å². The van der Waals surface area contributed by atoms with E-state index in [9.17, 15) is 39.9 Å². The minimum Gasteiger partial charge on any atom is -0.497 e. The molecule has 0 aromatic heterocycles. The highest BCUT2D eigenvalue weighted by Crippen LogP contribution is 2.69. The lowest BCUT2D eigenvalue weighted by Crippen LogP contribution is -2.64. The first-order valence-corrected chi connectivity index (χ1v) is 22.7. The molecule has 0 amide bonds. The summed E-state index contributed by atoms with van der Waals surface area (Å²) in [5, 5.41) is 57.1. The maximum absolute atomic E-state index is 14.1. The number of rotatable bonds is 14. The Balaban J connectivity index is 1.18. The first-order chi connectivity index (χ1) is 29.5. The first kappa shape index (κ1) is 47.0. The van der Waals surface area contributed by atoms with Crippen LogP contribution in [0.2, 0.25) is 0 Å². The molecule has 1 aromatic carbocycles. The average Bonchev–Trinajstić information content (AvgIpc) is 3.48. The molecule has 2 heterocycles. The predicted molar refractivity (Wildman–Crippen MR) is 221 cm³/mol. The second-order valence-corrected chi connectivity index (χ2v) is 19.2. The molecular formula is C47H68O15. The fraction of sp³-hybridized carbons (Fsp3) is 0.766. The maximum atomic E-state index is 14.1. The van der Waals surface area contributed by atoms with Crippen LogP contribution in [0.25, 0.3) is 0 Å². The summed E-state index contributed by atoms with van der Waals surface area (Å²) in [6.45, 7) is 8.70. The summed E-state index contributed by atoms with van der Waals surface area (Å²) in [7, 11) is 1.48. The summed E-state index contributed by atoms with van der Waals surface area (Å²) < 4.78 is 41.7. The quantitative estimate of drug-likeness (QED) is 0.101. The van der Waals surface area contributed by atoms with Gasteiger partial charge in [0.2, 0.25) is 0 Å². The predicted octanol–water partition coefficient (Wildman–Crippen LogP) is 4.17. The molecule has 15 nitrogen and oxygen atoms in total. The van der Waals surface area contributed by atoms with Gasteiger partial charge in [0, 0.05) is 24.7 Å². The standard InChI is InChI=1S/C47H68O15/c1-7-8-9-10-34(50)25(2)47(55)37(22-33-31-16-13-28-21-29(49)17-19-45(28,4)32(31)18-20-46(33,47)5)60-44-41(59-26(3)48)39(36(52)24-58-44)62-43-40(38(53)35(51)23-57-43)61-42(54)27-11-14-30(56-6)15-12-27/h11-15,25,29,31-33,35-41,43-44,49,51-53,55H,7-10,16-24H2,1-6H3/t25-,29+,31?,32?,33?,35-,36+,37+,38+,39+,40-,41-,43+,44+,45+,46+,47-/m1/s1. The number of esters is 2. The van der Waals surface area contributed by atoms with Crippen molar-refractivity contribution in [2.75, 3.05) is 20.3 Å². The summed E-state index contributed by atoms with van der Waals surface area (Å²) in [6, 6.07) is 6.05. The third-order valence-electron chi connectivity index (χ3n) is 15.8. The lowest BCUT2D eigenvalue weighted by molar-refractivity contribution is -0.345. The van der Waals surface area contributed by atoms with Gasteiger partial charge in [-0.1, -0.05) is 52.2 Å². The van der Waals surface area contributed by atoms with E-state index >= 15 is 0 Å². The zero-order valence-electron chi connectivity index (χ0n) is 37.0. The number of hydrogen-bond donors (Lipinski definition) is 5. The highest BCUT2D eigenvalue weighted by atomic mass is 16.8. The summed E-state index contributed by atoms with van der Waals surface area (Å²) in [6.07, 6.45) is -3.18. The van der Waals surface area contributed by atoms with E-state index in [4.69, 9.17) is 33.2 Å². The highest BCUT2D eigenvalue weighted by Gasteiger charge is 2.70. The van der Waals surface area contributed by atoms with Gasteiger partial charge in [0.05, 0.1) is 38.1 Å². The third-order valence-corrected chi connectivity index (χ3v) is 15.8. The summed E-state index contributed by atoms with van der Waals surface area (Å²) in [5.74, 6) is -1.54. The maximum Gasteiger partial charge on any atom is 0.338 e. The number of allylic oxidation sites excluding steroid dienone is 1. The van der Waals surface area contributed by atoms with Gasteiger partial charge in [0.1, 0.15) is 41.5 Å². The number of unbranched alkanes of at least 4 members (excludes halogenated alkanes) is 2. The Kier molecular flexibility index (Phi) is 14.3. The van der Waals surface area contributed by atoms with Crippen LogP contribution >= 0.6 is 0 Å². The molecule has 2 aliphatic heterocycles. The largest absolute Gasteiger partial charge is 0.497 e. The number of ether oxygens (including phenoxy) is 7. The van der Waals surface area contributed by atoms with Gasteiger partial charge in [-0.3, -0.25) is 9.59 Å². The van der Waals surface area contributed by atoms with Crippen molar-refractivity contribution in [2.45, 2.75) is 172 Å². The van der Waals surface area contributed by atoms with Gasteiger partial charge in [-0.15, -0.1) is 0 Å². The monoisotopic (exact) mass is 872 g/mol. The molecule has 0 spiro atoms. The molecule has 0 radical (unpaired) electrons. The average molecular weight is 873 g/mol. The molecular weight excluding hydrogens is 805 g/mol. The van der Waals surface area contributed by atoms with Crippen LogP contribution in [0.3, 0.4) is 0 Å². The Hall–Kier alpha value is -2.99. The van der Waals surface area contributed by atoms with Crippen molar-refractivity contribution in [3.8, 4) is 5.75 Å². The number of benzene rings is 1. The van der Waals surface area contributed by atoms with Crippen LogP contribution in [0.5, 0.6) is 5.75 Å². The van der Waals surface area contributed by atoms with Crippen LogP contribution in [0.1, 0.15) is 116 Å².